The first-order valence-electron chi connectivity index (χ1n) is 3.57. The number of rotatable bonds is 2. The molecule has 5 heteroatoms. The van der Waals surface area contributed by atoms with E-state index in [0.29, 0.717) is 6.42 Å². The summed E-state index contributed by atoms with van der Waals surface area (Å²) in [6.45, 7) is 1.66. The largest absolute Gasteiger partial charge is 0.393 e. The normalized spacial score (nSPS) is 36.7. The van der Waals surface area contributed by atoms with Crippen molar-refractivity contribution in [1.29, 1.82) is 0 Å². The monoisotopic (exact) mass is 157 g/mol. The summed E-state index contributed by atoms with van der Waals surface area (Å²) in [6.07, 6.45) is 1.52. The van der Waals surface area contributed by atoms with Gasteiger partial charge in [-0.15, -0.1) is 0 Å². The number of aliphatic hydroxyl groups excluding tert-OH is 1. The average molecular weight is 157 g/mol. The van der Waals surface area contributed by atoms with Crippen LogP contribution in [0, 0.1) is 0 Å². The molecular formula is C6H11N3O2. The third-order valence-corrected chi connectivity index (χ3v) is 1.84. The highest BCUT2D eigenvalue weighted by atomic mass is 16.5. The van der Waals surface area contributed by atoms with Gasteiger partial charge < -0.3 is 9.84 Å². The quantitative estimate of drug-likeness (QED) is 0.371. The van der Waals surface area contributed by atoms with Crippen LogP contribution in [-0.4, -0.2) is 23.5 Å². The van der Waals surface area contributed by atoms with E-state index in [1.54, 1.807) is 0 Å². The molecule has 1 fully saturated rings. The molecule has 1 aliphatic rings. The maximum atomic E-state index is 8.88. The summed E-state index contributed by atoms with van der Waals surface area (Å²) in [5.41, 5.74) is 7.20. The van der Waals surface area contributed by atoms with Crippen LogP contribution in [0.25, 0.3) is 10.4 Å². The molecule has 0 radical (unpaired) electrons. The lowest BCUT2D eigenvalue weighted by Gasteiger charge is -2.19. The van der Waals surface area contributed by atoms with Crippen molar-refractivity contribution >= 4 is 0 Å². The van der Waals surface area contributed by atoms with E-state index in [4.69, 9.17) is 15.4 Å². The molecule has 0 saturated carbocycles. The maximum Gasteiger partial charge on any atom is 0.170 e. The van der Waals surface area contributed by atoms with Crippen molar-refractivity contribution in [2.24, 2.45) is 5.11 Å². The molecule has 62 valence electrons. The van der Waals surface area contributed by atoms with E-state index in [0.717, 1.165) is 6.42 Å². The van der Waals surface area contributed by atoms with Gasteiger partial charge in [-0.1, -0.05) is 5.11 Å². The lowest BCUT2D eigenvalue weighted by Crippen LogP contribution is -2.30. The fourth-order valence-electron chi connectivity index (χ4n) is 1.22. The highest BCUT2D eigenvalue weighted by Crippen LogP contribution is 2.30. The van der Waals surface area contributed by atoms with E-state index < -0.39 is 5.72 Å². The minimum absolute atomic E-state index is 0.0765. The second-order valence-electron chi connectivity index (χ2n) is 2.76. The number of nitrogens with zero attached hydrogens (tertiary/aromatic N) is 3. The SMILES string of the molecule is CC1CC[C@](CO)(N=[N+]=[N-])O1. The molecule has 1 rings (SSSR count). The predicted octanol–water partition coefficient (Wildman–Crippen LogP) is 1.18. The van der Waals surface area contributed by atoms with E-state index in [1.807, 2.05) is 6.92 Å². The third kappa shape index (κ3) is 1.63. The molecule has 11 heavy (non-hydrogen) atoms. The van der Waals surface area contributed by atoms with E-state index in [1.165, 1.54) is 0 Å². The first-order valence-corrected chi connectivity index (χ1v) is 3.57. The molecule has 1 unspecified atom stereocenters. The highest BCUT2D eigenvalue weighted by molar-refractivity contribution is 4.85. The van der Waals surface area contributed by atoms with Crippen molar-refractivity contribution in [1.82, 2.24) is 0 Å². The van der Waals surface area contributed by atoms with Crippen LogP contribution >= 0.6 is 0 Å². The van der Waals surface area contributed by atoms with Crippen LogP contribution in [0.3, 0.4) is 0 Å². The Morgan fingerprint density at radius 2 is 2.64 bits per heavy atom. The number of ether oxygens (including phenoxy) is 1. The van der Waals surface area contributed by atoms with Crippen molar-refractivity contribution in [2.75, 3.05) is 6.61 Å². The van der Waals surface area contributed by atoms with Gasteiger partial charge in [0.15, 0.2) is 5.72 Å². The minimum atomic E-state index is -0.978. The molecule has 1 saturated heterocycles. The number of hydrogen-bond donors (Lipinski definition) is 1. The molecule has 0 bridgehead atoms. The van der Waals surface area contributed by atoms with Crippen LogP contribution < -0.4 is 0 Å². The molecule has 0 aliphatic carbocycles. The second kappa shape index (κ2) is 3.09. The molecule has 1 heterocycles. The van der Waals surface area contributed by atoms with Gasteiger partial charge in [0.05, 0.1) is 12.7 Å². The third-order valence-electron chi connectivity index (χ3n) is 1.84. The van der Waals surface area contributed by atoms with E-state index >= 15 is 0 Å². The van der Waals surface area contributed by atoms with Crippen molar-refractivity contribution in [3.05, 3.63) is 10.4 Å². The Labute approximate surface area is 64.6 Å². The molecule has 2 atom stereocenters. The summed E-state index contributed by atoms with van der Waals surface area (Å²) in [5.74, 6) is 0. The molecule has 5 nitrogen and oxygen atoms in total. The number of aliphatic hydroxyl groups is 1. The van der Waals surface area contributed by atoms with E-state index in [-0.39, 0.29) is 12.7 Å². The Kier molecular flexibility index (Phi) is 2.34. The van der Waals surface area contributed by atoms with E-state index in [9.17, 15) is 0 Å². The Balaban J connectivity index is 2.69. The number of azide groups is 1. The second-order valence-corrected chi connectivity index (χ2v) is 2.76. The zero-order chi connectivity index (χ0) is 8.32. The fourth-order valence-corrected chi connectivity index (χ4v) is 1.22. The van der Waals surface area contributed by atoms with Crippen LogP contribution in [0.2, 0.25) is 0 Å². The Morgan fingerprint density at radius 3 is 3.00 bits per heavy atom. The van der Waals surface area contributed by atoms with Gasteiger partial charge in [-0.3, -0.25) is 0 Å². The van der Waals surface area contributed by atoms with Crippen LogP contribution in [0.4, 0.5) is 0 Å². The highest BCUT2D eigenvalue weighted by Gasteiger charge is 2.37. The van der Waals surface area contributed by atoms with Crippen LogP contribution in [-0.2, 0) is 4.74 Å². The van der Waals surface area contributed by atoms with Gasteiger partial charge in [0, 0.05) is 4.91 Å². The molecular weight excluding hydrogens is 146 g/mol. The summed E-state index contributed by atoms with van der Waals surface area (Å²) in [5, 5.41) is 12.3. The summed E-state index contributed by atoms with van der Waals surface area (Å²) >= 11 is 0. The van der Waals surface area contributed by atoms with E-state index in [2.05, 4.69) is 10.0 Å². The van der Waals surface area contributed by atoms with Crippen molar-refractivity contribution in [3.63, 3.8) is 0 Å². The van der Waals surface area contributed by atoms with Crippen LogP contribution in [0.5, 0.6) is 0 Å². The Bertz CT molecular complexity index is 190. The average Bonchev–Trinajstić information content (AvgIpc) is 2.34. The molecule has 1 N–H and O–H groups in total. The van der Waals surface area contributed by atoms with Gasteiger partial charge in [-0.25, -0.2) is 0 Å². The summed E-state index contributed by atoms with van der Waals surface area (Å²) < 4.78 is 5.27. The molecule has 0 aromatic heterocycles. The number of hydrogen-bond acceptors (Lipinski definition) is 3. The fraction of sp³-hybridized carbons (Fsp3) is 1.00. The van der Waals surface area contributed by atoms with Crippen molar-refractivity contribution < 1.29 is 9.84 Å². The van der Waals surface area contributed by atoms with Crippen LogP contribution in [0.1, 0.15) is 19.8 Å². The first-order chi connectivity index (χ1) is 5.22. The topological polar surface area (TPSA) is 78.2 Å². The maximum absolute atomic E-state index is 8.88. The van der Waals surface area contributed by atoms with Gasteiger partial charge in [0.1, 0.15) is 0 Å². The summed E-state index contributed by atoms with van der Waals surface area (Å²) in [4.78, 5) is 2.64. The van der Waals surface area contributed by atoms with Gasteiger partial charge in [-0.05, 0) is 25.3 Å². The molecule has 0 aromatic carbocycles. The van der Waals surface area contributed by atoms with Gasteiger partial charge in [0.2, 0.25) is 0 Å². The van der Waals surface area contributed by atoms with Crippen molar-refractivity contribution in [2.45, 2.75) is 31.6 Å². The lowest BCUT2D eigenvalue weighted by molar-refractivity contribution is -0.0625. The Morgan fingerprint density at radius 1 is 1.91 bits per heavy atom. The van der Waals surface area contributed by atoms with Crippen LogP contribution in [0.15, 0.2) is 5.11 Å². The molecule has 1 aliphatic heterocycles. The zero-order valence-electron chi connectivity index (χ0n) is 6.40. The van der Waals surface area contributed by atoms with Gasteiger partial charge in [0.25, 0.3) is 0 Å². The molecule has 0 spiro atoms. The smallest absolute Gasteiger partial charge is 0.170 e. The predicted molar refractivity (Wildman–Crippen MR) is 38.7 cm³/mol. The van der Waals surface area contributed by atoms with Crippen molar-refractivity contribution in [3.8, 4) is 0 Å². The first kappa shape index (κ1) is 8.33. The summed E-state index contributed by atoms with van der Waals surface area (Å²) in [7, 11) is 0. The lowest BCUT2D eigenvalue weighted by atomic mass is 10.1. The minimum Gasteiger partial charge on any atom is -0.393 e. The zero-order valence-corrected chi connectivity index (χ0v) is 6.40. The summed E-state index contributed by atoms with van der Waals surface area (Å²) in [6, 6.07) is 0. The molecule has 0 aromatic rings. The standard InChI is InChI=1S/C6H11N3O2/c1-5-2-3-6(4-10,11-5)8-9-7/h5,10H,2-4H2,1H3/t5?,6-/m0/s1. The van der Waals surface area contributed by atoms with Gasteiger partial charge in [-0.2, -0.15) is 0 Å². The van der Waals surface area contributed by atoms with Gasteiger partial charge >= 0.3 is 0 Å². The Hall–Kier alpha value is -0.770. The molecule has 0 amide bonds.